The van der Waals surface area contributed by atoms with E-state index in [0.29, 0.717) is 11.7 Å². The Morgan fingerprint density at radius 3 is 2.56 bits per heavy atom. The van der Waals surface area contributed by atoms with Gasteiger partial charge in [0.25, 0.3) is 0 Å². The van der Waals surface area contributed by atoms with Crippen LogP contribution < -0.4 is 0 Å². The van der Waals surface area contributed by atoms with E-state index in [4.69, 9.17) is 0 Å². The van der Waals surface area contributed by atoms with Crippen molar-refractivity contribution >= 4 is 17.5 Å². The van der Waals surface area contributed by atoms with Crippen LogP contribution in [0.4, 0.5) is 0 Å². The van der Waals surface area contributed by atoms with Gasteiger partial charge in [-0.3, -0.25) is 4.79 Å². The highest BCUT2D eigenvalue weighted by Gasteiger charge is 2.52. The summed E-state index contributed by atoms with van der Waals surface area (Å²) in [5, 5.41) is 0. The minimum Gasteiger partial charge on any atom is -0.299 e. The van der Waals surface area contributed by atoms with Crippen LogP contribution in [0.2, 0.25) is 0 Å². The van der Waals surface area contributed by atoms with Gasteiger partial charge in [-0.15, -0.1) is 11.8 Å². The van der Waals surface area contributed by atoms with Crippen LogP contribution in [-0.4, -0.2) is 10.5 Å². The van der Waals surface area contributed by atoms with Crippen LogP contribution in [0.1, 0.15) is 44.9 Å². The molecule has 0 N–H and O–H groups in total. The Morgan fingerprint density at radius 2 is 1.83 bits per heavy atom. The van der Waals surface area contributed by atoms with Crippen molar-refractivity contribution in [3.63, 3.8) is 0 Å². The molecule has 0 heterocycles. The molecular formula is C16H20OS. The number of thioether (sulfide) groups is 1. The van der Waals surface area contributed by atoms with Gasteiger partial charge in [0.2, 0.25) is 0 Å². The minimum absolute atomic E-state index is 0.253. The summed E-state index contributed by atoms with van der Waals surface area (Å²) in [6, 6.07) is 10.6. The van der Waals surface area contributed by atoms with E-state index >= 15 is 0 Å². The van der Waals surface area contributed by atoms with Crippen LogP contribution >= 0.6 is 11.8 Å². The van der Waals surface area contributed by atoms with E-state index < -0.39 is 0 Å². The molecule has 0 saturated heterocycles. The maximum Gasteiger partial charge on any atom is 0.137 e. The predicted molar refractivity (Wildman–Crippen MR) is 75.8 cm³/mol. The molecule has 0 radical (unpaired) electrons. The van der Waals surface area contributed by atoms with E-state index in [1.807, 2.05) is 11.8 Å². The normalized spacial score (nSPS) is 26.7. The number of hydrogen-bond acceptors (Lipinski definition) is 2. The van der Waals surface area contributed by atoms with Crippen LogP contribution in [-0.2, 0) is 4.79 Å². The van der Waals surface area contributed by atoms with Gasteiger partial charge < -0.3 is 0 Å². The summed E-state index contributed by atoms with van der Waals surface area (Å²) in [6.45, 7) is 0. The molecule has 1 nitrogen and oxygen atoms in total. The van der Waals surface area contributed by atoms with Gasteiger partial charge in [0, 0.05) is 22.0 Å². The smallest absolute Gasteiger partial charge is 0.137 e. The average molecular weight is 260 g/mol. The van der Waals surface area contributed by atoms with Crippen LogP contribution in [0.3, 0.4) is 0 Å². The fraction of sp³-hybridized carbons (Fsp3) is 0.562. The van der Waals surface area contributed by atoms with Gasteiger partial charge >= 0.3 is 0 Å². The Bertz CT molecular complexity index is 422. The van der Waals surface area contributed by atoms with Gasteiger partial charge in [0.1, 0.15) is 5.78 Å². The molecule has 0 bridgehead atoms. The van der Waals surface area contributed by atoms with Gasteiger partial charge in [-0.25, -0.2) is 0 Å². The van der Waals surface area contributed by atoms with Crippen LogP contribution in [0.25, 0.3) is 0 Å². The summed E-state index contributed by atoms with van der Waals surface area (Å²) in [5.74, 6) is 0.860. The molecule has 2 fully saturated rings. The minimum atomic E-state index is 0.253. The number of rotatable bonds is 3. The molecular weight excluding hydrogens is 240 g/mol. The zero-order valence-corrected chi connectivity index (χ0v) is 11.5. The molecule has 0 amide bonds. The molecule has 0 aromatic heterocycles. The van der Waals surface area contributed by atoms with E-state index in [2.05, 4.69) is 30.3 Å². The molecule has 1 aromatic carbocycles. The molecule has 0 spiro atoms. The molecule has 1 atom stereocenters. The van der Waals surface area contributed by atoms with Crippen molar-refractivity contribution in [1.29, 1.82) is 0 Å². The van der Waals surface area contributed by atoms with Gasteiger partial charge in [-0.1, -0.05) is 31.0 Å². The number of carbonyl (C=O) groups excluding carboxylic acids is 1. The van der Waals surface area contributed by atoms with E-state index in [-0.39, 0.29) is 4.75 Å². The molecule has 3 rings (SSSR count). The zero-order chi connectivity index (χ0) is 12.4. The maximum absolute atomic E-state index is 12.3. The molecule has 1 aromatic rings. The second kappa shape index (κ2) is 5.08. The Labute approximate surface area is 113 Å². The van der Waals surface area contributed by atoms with Gasteiger partial charge in [0.05, 0.1) is 0 Å². The summed E-state index contributed by atoms with van der Waals surface area (Å²) >= 11 is 1.96. The van der Waals surface area contributed by atoms with Crippen molar-refractivity contribution in [2.24, 2.45) is 5.92 Å². The summed E-state index contributed by atoms with van der Waals surface area (Å²) in [4.78, 5) is 13.6. The van der Waals surface area contributed by atoms with Crippen molar-refractivity contribution in [2.75, 3.05) is 0 Å². The Kier molecular flexibility index (Phi) is 3.47. The Hall–Kier alpha value is -0.760. The third-order valence-electron chi connectivity index (χ3n) is 4.25. The molecule has 2 aliphatic rings. The Balaban J connectivity index is 1.75. The standard InChI is InChI=1S/C16H20OS/c17-15-10-6-2-5-9-14(15)16(11-12-16)18-13-7-3-1-4-8-13/h1,3-4,7-8,14H,2,5-6,9-12H2. The number of Topliss-reactive ketones (excluding diaryl/α,β-unsaturated/α-hetero) is 1. The summed E-state index contributed by atoms with van der Waals surface area (Å²) in [5.41, 5.74) is 0. The van der Waals surface area contributed by atoms with Crippen LogP contribution in [0.5, 0.6) is 0 Å². The van der Waals surface area contributed by atoms with Crippen molar-refractivity contribution in [2.45, 2.75) is 54.6 Å². The third-order valence-corrected chi connectivity index (χ3v) is 5.85. The molecule has 0 aliphatic heterocycles. The first-order valence-corrected chi connectivity index (χ1v) is 7.89. The first kappa shape index (κ1) is 12.3. The topological polar surface area (TPSA) is 17.1 Å². The lowest BCUT2D eigenvalue weighted by molar-refractivity contribution is -0.122. The van der Waals surface area contributed by atoms with E-state index in [1.54, 1.807) is 0 Å². The summed E-state index contributed by atoms with van der Waals surface area (Å²) in [6.07, 6.45) is 8.00. The lowest BCUT2D eigenvalue weighted by Gasteiger charge is -2.24. The zero-order valence-electron chi connectivity index (χ0n) is 10.7. The lowest BCUT2D eigenvalue weighted by Crippen LogP contribution is -2.26. The lowest BCUT2D eigenvalue weighted by atomic mass is 9.93. The van der Waals surface area contributed by atoms with Gasteiger partial charge in [-0.05, 0) is 37.8 Å². The maximum atomic E-state index is 12.3. The highest BCUT2D eigenvalue weighted by Crippen LogP contribution is 2.58. The Morgan fingerprint density at radius 1 is 1.06 bits per heavy atom. The van der Waals surface area contributed by atoms with Crippen LogP contribution in [0, 0.1) is 5.92 Å². The fourth-order valence-electron chi connectivity index (χ4n) is 3.08. The molecule has 96 valence electrons. The monoisotopic (exact) mass is 260 g/mol. The molecule has 2 saturated carbocycles. The second-order valence-electron chi connectivity index (χ2n) is 5.60. The van der Waals surface area contributed by atoms with Crippen molar-refractivity contribution in [3.8, 4) is 0 Å². The first-order valence-electron chi connectivity index (χ1n) is 7.07. The largest absolute Gasteiger partial charge is 0.299 e. The predicted octanol–water partition coefficient (Wildman–Crippen LogP) is 4.46. The van der Waals surface area contributed by atoms with Gasteiger partial charge in [0.15, 0.2) is 0 Å². The summed E-state index contributed by atoms with van der Waals surface area (Å²) < 4.78 is 0.253. The SMILES string of the molecule is O=C1CCCCCC1C1(Sc2ccccc2)CC1. The number of ketones is 1. The quantitative estimate of drug-likeness (QED) is 0.746. The van der Waals surface area contributed by atoms with Crippen molar-refractivity contribution in [3.05, 3.63) is 30.3 Å². The van der Waals surface area contributed by atoms with Crippen LogP contribution in [0.15, 0.2) is 35.2 Å². The van der Waals surface area contributed by atoms with Gasteiger partial charge in [-0.2, -0.15) is 0 Å². The average Bonchev–Trinajstić information content (AvgIpc) is 3.16. The molecule has 1 unspecified atom stereocenters. The fourth-order valence-corrected chi connectivity index (χ4v) is 4.54. The van der Waals surface area contributed by atoms with E-state index in [1.165, 1.54) is 30.6 Å². The summed E-state index contributed by atoms with van der Waals surface area (Å²) in [7, 11) is 0. The van der Waals surface area contributed by atoms with Crippen molar-refractivity contribution in [1.82, 2.24) is 0 Å². The van der Waals surface area contributed by atoms with E-state index in [9.17, 15) is 4.79 Å². The first-order chi connectivity index (χ1) is 8.80. The third kappa shape index (κ3) is 2.49. The molecule has 2 heteroatoms. The molecule has 18 heavy (non-hydrogen) atoms. The number of hydrogen-bond donors (Lipinski definition) is 0. The second-order valence-corrected chi connectivity index (χ2v) is 7.09. The highest BCUT2D eigenvalue weighted by atomic mass is 32.2. The van der Waals surface area contributed by atoms with E-state index in [0.717, 1.165) is 19.3 Å². The molecule has 2 aliphatic carbocycles. The number of carbonyl (C=O) groups is 1. The highest BCUT2D eigenvalue weighted by molar-refractivity contribution is 8.01. The number of benzene rings is 1. The van der Waals surface area contributed by atoms with Crippen molar-refractivity contribution < 1.29 is 4.79 Å².